The summed E-state index contributed by atoms with van der Waals surface area (Å²) in [6.45, 7) is 0. The summed E-state index contributed by atoms with van der Waals surface area (Å²) in [6.07, 6.45) is 0. The smallest absolute Gasteiger partial charge is 0.166 e. The lowest BCUT2D eigenvalue weighted by Gasteiger charge is -2.15. The lowest BCUT2D eigenvalue weighted by molar-refractivity contribution is 1.07. The van der Waals surface area contributed by atoms with Crippen LogP contribution in [0.15, 0.2) is 182 Å². The lowest BCUT2D eigenvalue weighted by Crippen LogP contribution is -2.03. The van der Waals surface area contributed by atoms with Crippen molar-refractivity contribution in [1.82, 2.24) is 19.5 Å². The molecule has 0 spiro atoms. The average molecular weight is 675 g/mol. The van der Waals surface area contributed by atoms with E-state index in [1.165, 1.54) is 43.1 Å². The second-order valence-corrected chi connectivity index (χ2v) is 13.6. The highest BCUT2D eigenvalue weighted by atomic mass is 15.1. The molecule has 0 atom stereocenters. The number of benzene rings is 9. The Morgan fingerprint density at radius 3 is 1.57 bits per heavy atom. The first-order chi connectivity index (χ1) is 26.3. The highest BCUT2D eigenvalue weighted by Crippen LogP contribution is 2.38. The minimum absolute atomic E-state index is 0.625. The highest BCUT2D eigenvalue weighted by Gasteiger charge is 2.19. The summed E-state index contributed by atoms with van der Waals surface area (Å²) in [5, 5.41) is 12.1. The second kappa shape index (κ2) is 11.7. The van der Waals surface area contributed by atoms with E-state index >= 15 is 0 Å². The van der Waals surface area contributed by atoms with E-state index in [9.17, 15) is 0 Å². The van der Waals surface area contributed by atoms with E-state index < -0.39 is 0 Å². The Bertz CT molecular complexity index is 3190. The molecule has 246 valence electrons. The molecule has 2 aromatic heterocycles. The van der Waals surface area contributed by atoms with Crippen LogP contribution >= 0.6 is 0 Å². The van der Waals surface area contributed by atoms with Gasteiger partial charge in [-0.1, -0.05) is 146 Å². The van der Waals surface area contributed by atoms with Gasteiger partial charge in [-0.2, -0.15) is 0 Å². The zero-order valence-electron chi connectivity index (χ0n) is 28.6. The van der Waals surface area contributed by atoms with Crippen LogP contribution in [-0.4, -0.2) is 19.5 Å². The van der Waals surface area contributed by atoms with Crippen molar-refractivity contribution in [1.29, 1.82) is 0 Å². The third-order valence-corrected chi connectivity index (χ3v) is 10.6. The van der Waals surface area contributed by atoms with E-state index in [0.717, 1.165) is 44.2 Å². The Hall–Kier alpha value is -7.17. The molecule has 11 rings (SSSR count). The largest absolute Gasteiger partial charge is 0.309 e. The summed E-state index contributed by atoms with van der Waals surface area (Å²) in [7, 11) is 0. The number of para-hydroxylation sites is 3. The number of hydrogen-bond acceptors (Lipinski definition) is 3. The van der Waals surface area contributed by atoms with Gasteiger partial charge in [0.1, 0.15) is 0 Å². The van der Waals surface area contributed by atoms with Gasteiger partial charge >= 0.3 is 0 Å². The van der Waals surface area contributed by atoms with Crippen molar-refractivity contribution in [3.63, 3.8) is 0 Å². The van der Waals surface area contributed by atoms with Crippen LogP contribution < -0.4 is 0 Å². The van der Waals surface area contributed by atoms with E-state index in [1.807, 2.05) is 0 Å². The molecule has 4 nitrogen and oxygen atoms in total. The molecule has 0 radical (unpaired) electrons. The summed E-state index contributed by atoms with van der Waals surface area (Å²) in [5.74, 6) is 1.90. The van der Waals surface area contributed by atoms with Crippen LogP contribution in [0.4, 0.5) is 0 Å². The van der Waals surface area contributed by atoms with E-state index in [2.05, 4.69) is 187 Å². The number of rotatable bonds is 4. The SMILES string of the molecule is c1ccc(-n2c3ccccc3c3ccccc32)c(-c2nc(-c3ccc4ccccc4c3)nc(-c3ccc4c(ccc5ccc6ccccc6c54)c3)n2)c1. The van der Waals surface area contributed by atoms with Gasteiger partial charge in [-0.3, -0.25) is 0 Å². The first kappa shape index (κ1) is 29.5. The minimum Gasteiger partial charge on any atom is -0.309 e. The van der Waals surface area contributed by atoms with Crippen molar-refractivity contribution in [2.45, 2.75) is 0 Å². The van der Waals surface area contributed by atoms with E-state index in [4.69, 9.17) is 15.0 Å². The topological polar surface area (TPSA) is 43.6 Å². The Morgan fingerprint density at radius 1 is 0.321 bits per heavy atom. The molecule has 11 aromatic rings. The molecule has 0 bridgehead atoms. The molecule has 0 N–H and O–H groups in total. The van der Waals surface area contributed by atoms with Crippen molar-refractivity contribution in [2.24, 2.45) is 0 Å². The standard InChI is InChI=1S/C49H30N4/c1-2-13-34-29-36(26-21-31(34)11-1)47-50-48(37-27-28-39-35(30-37)25-24-33-23-22-32-12-3-4-14-38(32)46(33)39)52-49(51-47)42-17-7-10-20-45(42)53-43-18-8-5-15-40(43)41-16-6-9-19-44(41)53/h1-30H. The van der Waals surface area contributed by atoms with Gasteiger partial charge in [0, 0.05) is 27.5 Å². The Labute approximate surface area is 305 Å². The van der Waals surface area contributed by atoms with Gasteiger partial charge in [0.2, 0.25) is 0 Å². The molecule has 4 heteroatoms. The molecule has 0 aliphatic heterocycles. The van der Waals surface area contributed by atoms with Gasteiger partial charge in [-0.05, 0) is 79.5 Å². The molecule has 2 heterocycles. The maximum Gasteiger partial charge on any atom is 0.166 e. The normalized spacial score (nSPS) is 11.8. The average Bonchev–Trinajstić information content (AvgIpc) is 3.57. The Morgan fingerprint density at radius 2 is 0.811 bits per heavy atom. The van der Waals surface area contributed by atoms with Crippen LogP contribution in [0.5, 0.6) is 0 Å². The van der Waals surface area contributed by atoms with E-state index in [0.29, 0.717) is 17.5 Å². The maximum absolute atomic E-state index is 5.28. The van der Waals surface area contributed by atoms with Gasteiger partial charge < -0.3 is 4.57 Å². The van der Waals surface area contributed by atoms with Crippen LogP contribution in [-0.2, 0) is 0 Å². The van der Waals surface area contributed by atoms with Crippen LogP contribution in [0.2, 0.25) is 0 Å². The number of aromatic nitrogens is 4. The Balaban J connectivity index is 1.16. The van der Waals surface area contributed by atoms with Crippen LogP contribution in [0, 0.1) is 0 Å². The first-order valence-corrected chi connectivity index (χ1v) is 17.9. The van der Waals surface area contributed by atoms with Crippen molar-refractivity contribution >= 4 is 64.9 Å². The fraction of sp³-hybridized carbons (Fsp3) is 0. The highest BCUT2D eigenvalue weighted by molar-refractivity contribution is 6.20. The van der Waals surface area contributed by atoms with Gasteiger partial charge in [-0.25, -0.2) is 15.0 Å². The maximum atomic E-state index is 5.28. The zero-order valence-corrected chi connectivity index (χ0v) is 28.6. The van der Waals surface area contributed by atoms with Crippen LogP contribution in [0.1, 0.15) is 0 Å². The third-order valence-electron chi connectivity index (χ3n) is 10.6. The van der Waals surface area contributed by atoms with Crippen molar-refractivity contribution in [2.75, 3.05) is 0 Å². The zero-order chi connectivity index (χ0) is 34.9. The van der Waals surface area contributed by atoms with Crippen LogP contribution in [0.3, 0.4) is 0 Å². The summed E-state index contributed by atoms with van der Waals surface area (Å²) >= 11 is 0. The Kier molecular flexibility index (Phi) is 6.52. The van der Waals surface area contributed by atoms with E-state index in [-0.39, 0.29) is 0 Å². The monoisotopic (exact) mass is 674 g/mol. The minimum atomic E-state index is 0.625. The quantitative estimate of drug-likeness (QED) is 0.175. The first-order valence-electron chi connectivity index (χ1n) is 17.9. The number of fused-ring (bicyclic) bond motifs is 9. The number of hydrogen-bond donors (Lipinski definition) is 0. The summed E-state index contributed by atoms with van der Waals surface area (Å²) in [6, 6.07) is 64.5. The van der Waals surface area contributed by atoms with Gasteiger partial charge in [-0.15, -0.1) is 0 Å². The summed E-state index contributed by atoms with van der Waals surface area (Å²) in [4.78, 5) is 15.7. The lowest BCUT2D eigenvalue weighted by atomic mass is 9.95. The fourth-order valence-corrected chi connectivity index (χ4v) is 8.10. The molecule has 0 saturated heterocycles. The molecule has 0 amide bonds. The van der Waals surface area contributed by atoms with E-state index in [1.54, 1.807) is 0 Å². The fourth-order valence-electron chi connectivity index (χ4n) is 8.10. The molecule has 0 aliphatic rings. The van der Waals surface area contributed by atoms with Crippen molar-refractivity contribution in [3.05, 3.63) is 182 Å². The molecular weight excluding hydrogens is 645 g/mol. The molecule has 0 aliphatic carbocycles. The van der Waals surface area contributed by atoms with Crippen molar-refractivity contribution in [3.8, 4) is 39.9 Å². The molecule has 0 saturated carbocycles. The molecular formula is C49H30N4. The summed E-state index contributed by atoms with van der Waals surface area (Å²) in [5.41, 5.74) is 6.11. The van der Waals surface area contributed by atoms with Gasteiger partial charge in [0.05, 0.1) is 16.7 Å². The van der Waals surface area contributed by atoms with Crippen LogP contribution in [0.25, 0.3) is 105 Å². The predicted octanol–water partition coefficient (Wildman–Crippen LogP) is 12.6. The molecule has 0 fully saturated rings. The summed E-state index contributed by atoms with van der Waals surface area (Å²) < 4.78 is 2.34. The molecule has 9 aromatic carbocycles. The third kappa shape index (κ3) is 4.73. The predicted molar refractivity (Wildman–Crippen MR) is 220 cm³/mol. The van der Waals surface area contributed by atoms with Gasteiger partial charge in [0.15, 0.2) is 17.5 Å². The number of nitrogens with zero attached hydrogens (tertiary/aromatic N) is 4. The second-order valence-electron chi connectivity index (χ2n) is 13.6. The molecule has 53 heavy (non-hydrogen) atoms. The van der Waals surface area contributed by atoms with Gasteiger partial charge in [0.25, 0.3) is 0 Å². The molecule has 0 unspecified atom stereocenters. The van der Waals surface area contributed by atoms with Crippen molar-refractivity contribution < 1.29 is 0 Å².